The average molecular weight is 368 g/mol. The number of guanidine groups is 1. The molecule has 27 heavy (non-hydrogen) atoms. The number of benzene rings is 1. The van der Waals surface area contributed by atoms with Crippen LogP contribution in [0.1, 0.15) is 36.1 Å². The van der Waals surface area contributed by atoms with Crippen molar-refractivity contribution in [3.05, 3.63) is 47.0 Å². The summed E-state index contributed by atoms with van der Waals surface area (Å²) in [6.45, 7) is 8.50. The minimum absolute atomic E-state index is 0.629. The van der Waals surface area contributed by atoms with Gasteiger partial charge in [0.2, 0.25) is 0 Å². The highest BCUT2D eigenvalue weighted by Gasteiger charge is 2.09. The van der Waals surface area contributed by atoms with E-state index >= 15 is 0 Å². The molecule has 0 aliphatic rings. The Labute approximate surface area is 160 Å². The number of imidazole rings is 1. The van der Waals surface area contributed by atoms with Gasteiger partial charge in [-0.1, -0.05) is 12.1 Å². The van der Waals surface area contributed by atoms with Gasteiger partial charge in [0.1, 0.15) is 5.82 Å². The zero-order chi connectivity index (χ0) is 19.2. The van der Waals surface area contributed by atoms with E-state index in [1.807, 2.05) is 36.9 Å². The van der Waals surface area contributed by atoms with Gasteiger partial charge >= 0.3 is 0 Å². The quantitative estimate of drug-likeness (QED) is 0.340. The van der Waals surface area contributed by atoms with Gasteiger partial charge in [0.25, 0.3) is 0 Å². The van der Waals surface area contributed by atoms with E-state index in [1.165, 1.54) is 5.56 Å². The molecule has 0 spiro atoms. The number of hydrogen-bond donors (Lipinski definition) is 3. The van der Waals surface area contributed by atoms with Crippen LogP contribution in [-0.4, -0.2) is 38.8 Å². The summed E-state index contributed by atoms with van der Waals surface area (Å²) in [5, 5.41) is 11.2. The predicted octanol–water partition coefficient (Wildman–Crippen LogP) is 2.60. The molecule has 2 heterocycles. The molecule has 0 radical (unpaired) electrons. The van der Waals surface area contributed by atoms with E-state index in [1.54, 1.807) is 0 Å². The van der Waals surface area contributed by atoms with Crippen molar-refractivity contribution >= 4 is 17.0 Å². The molecule has 3 rings (SSSR count). The highest BCUT2D eigenvalue weighted by atomic mass is 15.3. The fraction of sp³-hybridized carbons (Fsp3) is 0.450. The van der Waals surface area contributed by atoms with Crippen molar-refractivity contribution in [1.82, 2.24) is 30.4 Å². The van der Waals surface area contributed by atoms with Crippen LogP contribution in [-0.2, 0) is 20.0 Å². The van der Waals surface area contributed by atoms with Crippen molar-refractivity contribution in [2.45, 2.75) is 40.2 Å². The standard InChI is InChI=1S/C20H29N7/c1-5-21-20(23-13-16-14(2)26-27(4)15(16)3)22-12-8-11-19-24-17-9-6-7-10-18(17)25-19/h6-7,9-10H,5,8,11-13H2,1-4H3,(H,24,25)(H2,21,22,23). The van der Waals surface area contributed by atoms with Gasteiger partial charge in [-0.25, -0.2) is 9.98 Å². The molecule has 0 amide bonds. The number of aryl methyl sites for hydroxylation is 3. The highest BCUT2D eigenvalue weighted by molar-refractivity contribution is 5.79. The second-order valence-electron chi connectivity index (χ2n) is 6.70. The molecule has 3 N–H and O–H groups in total. The van der Waals surface area contributed by atoms with Gasteiger partial charge in [0, 0.05) is 37.8 Å². The van der Waals surface area contributed by atoms with E-state index in [0.29, 0.717) is 6.54 Å². The van der Waals surface area contributed by atoms with Gasteiger partial charge in [0.05, 0.1) is 23.3 Å². The molecule has 0 saturated carbocycles. The molecule has 3 aromatic rings. The number of hydrogen-bond acceptors (Lipinski definition) is 3. The van der Waals surface area contributed by atoms with Crippen LogP contribution in [0.25, 0.3) is 11.0 Å². The molecule has 7 heteroatoms. The summed E-state index contributed by atoms with van der Waals surface area (Å²) in [7, 11) is 1.97. The highest BCUT2D eigenvalue weighted by Crippen LogP contribution is 2.13. The topological polar surface area (TPSA) is 82.9 Å². The van der Waals surface area contributed by atoms with Crippen molar-refractivity contribution in [2.24, 2.45) is 12.0 Å². The number of fused-ring (bicyclic) bond motifs is 1. The van der Waals surface area contributed by atoms with Gasteiger partial charge in [-0.05, 0) is 39.3 Å². The van der Waals surface area contributed by atoms with Gasteiger partial charge in [0.15, 0.2) is 5.96 Å². The van der Waals surface area contributed by atoms with Gasteiger partial charge in [-0.3, -0.25) is 4.68 Å². The predicted molar refractivity (Wildman–Crippen MR) is 110 cm³/mol. The van der Waals surface area contributed by atoms with Crippen molar-refractivity contribution in [1.29, 1.82) is 0 Å². The summed E-state index contributed by atoms with van der Waals surface area (Å²) in [4.78, 5) is 12.7. The lowest BCUT2D eigenvalue weighted by molar-refractivity contribution is 0.725. The summed E-state index contributed by atoms with van der Waals surface area (Å²) in [5.41, 5.74) is 5.52. The van der Waals surface area contributed by atoms with Gasteiger partial charge < -0.3 is 15.6 Å². The second-order valence-corrected chi connectivity index (χ2v) is 6.70. The average Bonchev–Trinajstić information content (AvgIpc) is 3.17. The molecule has 2 aromatic heterocycles. The number of aromatic amines is 1. The summed E-state index contributed by atoms with van der Waals surface area (Å²) in [5.74, 6) is 1.87. The zero-order valence-corrected chi connectivity index (χ0v) is 16.6. The van der Waals surface area contributed by atoms with Crippen molar-refractivity contribution in [3.8, 4) is 0 Å². The summed E-state index contributed by atoms with van der Waals surface area (Å²) in [6.07, 6.45) is 1.89. The normalized spacial score (nSPS) is 11.9. The molecule has 0 atom stereocenters. The van der Waals surface area contributed by atoms with E-state index in [-0.39, 0.29) is 0 Å². The Morgan fingerprint density at radius 3 is 2.74 bits per heavy atom. The SMILES string of the molecule is CCNC(=NCc1c(C)nn(C)c1C)NCCCc1nc2ccccc2[nH]1. The Morgan fingerprint density at radius 2 is 2.04 bits per heavy atom. The molecule has 0 aliphatic carbocycles. The first kappa shape index (κ1) is 18.9. The first-order valence-electron chi connectivity index (χ1n) is 9.53. The molecule has 0 saturated heterocycles. The third kappa shape index (κ3) is 4.67. The second kappa shape index (κ2) is 8.70. The molecule has 1 aromatic carbocycles. The number of H-pyrrole nitrogens is 1. The Balaban J connectivity index is 1.53. The minimum atomic E-state index is 0.629. The van der Waals surface area contributed by atoms with Crippen molar-refractivity contribution in [3.63, 3.8) is 0 Å². The van der Waals surface area contributed by atoms with E-state index in [2.05, 4.69) is 45.6 Å². The lowest BCUT2D eigenvalue weighted by Gasteiger charge is -2.11. The Bertz CT molecular complexity index is 887. The number of rotatable bonds is 7. The first-order valence-corrected chi connectivity index (χ1v) is 9.53. The number of aliphatic imine (C=N–C) groups is 1. The maximum absolute atomic E-state index is 4.72. The zero-order valence-electron chi connectivity index (χ0n) is 16.6. The minimum Gasteiger partial charge on any atom is -0.357 e. The third-order valence-corrected chi connectivity index (χ3v) is 4.72. The molecule has 0 fully saturated rings. The molecular formula is C20H29N7. The van der Waals surface area contributed by atoms with E-state index in [0.717, 1.165) is 60.1 Å². The fourth-order valence-corrected chi connectivity index (χ4v) is 3.13. The lowest BCUT2D eigenvalue weighted by atomic mass is 10.2. The van der Waals surface area contributed by atoms with Gasteiger partial charge in [-0.2, -0.15) is 5.10 Å². The smallest absolute Gasteiger partial charge is 0.191 e. The monoisotopic (exact) mass is 367 g/mol. The van der Waals surface area contributed by atoms with Crippen LogP contribution in [0.4, 0.5) is 0 Å². The fourth-order valence-electron chi connectivity index (χ4n) is 3.13. The Hall–Kier alpha value is -2.83. The van der Waals surface area contributed by atoms with E-state index in [4.69, 9.17) is 4.99 Å². The van der Waals surface area contributed by atoms with Crippen LogP contribution < -0.4 is 10.6 Å². The van der Waals surface area contributed by atoms with Crippen LogP contribution in [0.2, 0.25) is 0 Å². The van der Waals surface area contributed by atoms with Crippen LogP contribution in [0.3, 0.4) is 0 Å². The largest absolute Gasteiger partial charge is 0.357 e. The maximum atomic E-state index is 4.72. The number of aromatic nitrogens is 4. The molecular weight excluding hydrogens is 338 g/mol. The number of nitrogens with zero attached hydrogens (tertiary/aromatic N) is 4. The first-order chi connectivity index (χ1) is 13.1. The van der Waals surface area contributed by atoms with Crippen LogP contribution in [0.5, 0.6) is 0 Å². The lowest BCUT2D eigenvalue weighted by Crippen LogP contribution is -2.37. The number of para-hydroxylation sites is 2. The van der Waals surface area contributed by atoms with Crippen LogP contribution >= 0.6 is 0 Å². The van der Waals surface area contributed by atoms with E-state index < -0.39 is 0 Å². The maximum Gasteiger partial charge on any atom is 0.191 e. The Kier molecular flexibility index (Phi) is 6.11. The molecule has 0 unspecified atom stereocenters. The van der Waals surface area contributed by atoms with Crippen molar-refractivity contribution < 1.29 is 0 Å². The van der Waals surface area contributed by atoms with Crippen LogP contribution in [0.15, 0.2) is 29.3 Å². The summed E-state index contributed by atoms with van der Waals surface area (Å²) >= 11 is 0. The van der Waals surface area contributed by atoms with Gasteiger partial charge in [-0.15, -0.1) is 0 Å². The number of nitrogens with one attached hydrogen (secondary N) is 3. The molecule has 0 bridgehead atoms. The Morgan fingerprint density at radius 1 is 1.22 bits per heavy atom. The molecule has 144 valence electrons. The summed E-state index contributed by atoms with van der Waals surface area (Å²) < 4.78 is 1.91. The summed E-state index contributed by atoms with van der Waals surface area (Å²) in [6, 6.07) is 8.13. The molecule has 7 nitrogen and oxygen atoms in total. The molecule has 0 aliphatic heterocycles. The van der Waals surface area contributed by atoms with Crippen LogP contribution in [0, 0.1) is 13.8 Å². The van der Waals surface area contributed by atoms with Crippen molar-refractivity contribution in [2.75, 3.05) is 13.1 Å². The third-order valence-electron chi connectivity index (χ3n) is 4.72. The van der Waals surface area contributed by atoms with E-state index in [9.17, 15) is 0 Å².